The molecular formula is C20H18FNO2. The molecule has 1 amide bonds. The molecule has 0 bridgehead atoms. The fourth-order valence-electron chi connectivity index (χ4n) is 2.52. The third-order valence-electron chi connectivity index (χ3n) is 3.75. The minimum Gasteiger partial charge on any atom is -0.481 e. The molecule has 0 saturated heterocycles. The second-order valence-electron chi connectivity index (χ2n) is 5.52. The van der Waals surface area contributed by atoms with Crippen molar-refractivity contribution in [1.29, 1.82) is 0 Å². The van der Waals surface area contributed by atoms with Gasteiger partial charge in [0.05, 0.1) is 0 Å². The average Bonchev–Trinajstić information content (AvgIpc) is 2.59. The van der Waals surface area contributed by atoms with Crippen LogP contribution in [-0.4, -0.2) is 12.0 Å². The second kappa shape index (κ2) is 7.13. The number of fused-ring (bicyclic) bond motifs is 1. The fraction of sp³-hybridized carbons (Fsp3) is 0.150. The topological polar surface area (TPSA) is 38.3 Å². The summed E-state index contributed by atoms with van der Waals surface area (Å²) in [5, 5.41) is 4.85. The number of anilines is 1. The van der Waals surface area contributed by atoms with E-state index in [2.05, 4.69) is 5.32 Å². The van der Waals surface area contributed by atoms with E-state index in [1.807, 2.05) is 49.4 Å². The van der Waals surface area contributed by atoms with E-state index in [4.69, 9.17) is 4.74 Å². The minimum absolute atomic E-state index is 0.295. The van der Waals surface area contributed by atoms with E-state index in [0.717, 1.165) is 10.8 Å². The maximum atomic E-state index is 13.2. The molecule has 0 aliphatic rings. The quantitative estimate of drug-likeness (QED) is 0.734. The van der Waals surface area contributed by atoms with Gasteiger partial charge in [0.2, 0.25) is 0 Å². The van der Waals surface area contributed by atoms with Crippen molar-refractivity contribution in [3.8, 4) is 5.75 Å². The first-order chi connectivity index (χ1) is 11.7. The Morgan fingerprint density at radius 2 is 1.83 bits per heavy atom. The highest BCUT2D eigenvalue weighted by atomic mass is 19.1. The van der Waals surface area contributed by atoms with E-state index >= 15 is 0 Å². The van der Waals surface area contributed by atoms with Crippen LogP contribution < -0.4 is 10.1 Å². The van der Waals surface area contributed by atoms with Gasteiger partial charge in [0, 0.05) is 5.69 Å². The number of halogens is 1. The van der Waals surface area contributed by atoms with Crippen LogP contribution in [0.5, 0.6) is 5.75 Å². The zero-order chi connectivity index (χ0) is 16.9. The van der Waals surface area contributed by atoms with Crippen molar-refractivity contribution < 1.29 is 13.9 Å². The van der Waals surface area contributed by atoms with E-state index in [1.54, 1.807) is 12.1 Å². The van der Waals surface area contributed by atoms with Crippen LogP contribution in [-0.2, 0) is 4.79 Å². The van der Waals surface area contributed by atoms with Crippen LogP contribution in [0.25, 0.3) is 10.8 Å². The van der Waals surface area contributed by atoms with Crippen molar-refractivity contribution >= 4 is 22.4 Å². The van der Waals surface area contributed by atoms with Gasteiger partial charge in [0.1, 0.15) is 11.6 Å². The smallest absolute Gasteiger partial charge is 0.265 e. The lowest BCUT2D eigenvalue weighted by atomic mass is 10.1. The van der Waals surface area contributed by atoms with Crippen LogP contribution in [0.4, 0.5) is 10.1 Å². The highest BCUT2D eigenvalue weighted by molar-refractivity contribution is 5.94. The number of hydrogen-bond donors (Lipinski definition) is 1. The third-order valence-corrected chi connectivity index (χ3v) is 3.75. The Bertz CT molecular complexity index is 863. The maximum Gasteiger partial charge on any atom is 0.265 e. The summed E-state index contributed by atoms with van der Waals surface area (Å²) in [4.78, 5) is 12.4. The van der Waals surface area contributed by atoms with Gasteiger partial charge in [0.25, 0.3) is 5.91 Å². The number of carbonyl (C=O) groups is 1. The summed E-state index contributed by atoms with van der Waals surface area (Å²) < 4.78 is 19.0. The summed E-state index contributed by atoms with van der Waals surface area (Å²) in [6, 6.07) is 19.5. The van der Waals surface area contributed by atoms with E-state index in [0.29, 0.717) is 17.9 Å². The molecule has 0 spiro atoms. The van der Waals surface area contributed by atoms with E-state index in [1.165, 1.54) is 12.1 Å². The number of benzene rings is 3. The molecule has 0 aromatic heterocycles. The van der Waals surface area contributed by atoms with Crippen LogP contribution in [0, 0.1) is 5.82 Å². The molecule has 1 N–H and O–H groups in total. The number of ether oxygens (including phenoxy) is 1. The van der Waals surface area contributed by atoms with Gasteiger partial charge in [-0.25, -0.2) is 4.39 Å². The van der Waals surface area contributed by atoms with Gasteiger partial charge in [-0.05, 0) is 47.5 Å². The van der Waals surface area contributed by atoms with Crippen LogP contribution in [0.15, 0.2) is 66.7 Å². The normalized spacial score (nSPS) is 11.9. The summed E-state index contributed by atoms with van der Waals surface area (Å²) in [5.41, 5.74) is 0.417. The molecular weight excluding hydrogens is 305 g/mol. The van der Waals surface area contributed by atoms with E-state index in [9.17, 15) is 9.18 Å². The summed E-state index contributed by atoms with van der Waals surface area (Å²) in [5.74, 6) is -0.0532. The standard InChI is InChI=1S/C20H18FNO2/c1-2-19(20(23)22-17-9-5-8-16(21)13-17)24-18-11-10-14-6-3-4-7-15(14)12-18/h3-13,19H,2H2,1H3,(H,22,23). The van der Waals surface area contributed by atoms with Crippen molar-refractivity contribution in [3.63, 3.8) is 0 Å². The monoisotopic (exact) mass is 323 g/mol. The fourth-order valence-corrected chi connectivity index (χ4v) is 2.52. The van der Waals surface area contributed by atoms with Crippen LogP contribution in [0.1, 0.15) is 13.3 Å². The van der Waals surface area contributed by atoms with E-state index in [-0.39, 0.29) is 5.91 Å². The first kappa shape index (κ1) is 16.0. The van der Waals surface area contributed by atoms with Gasteiger partial charge in [-0.15, -0.1) is 0 Å². The first-order valence-corrected chi connectivity index (χ1v) is 7.87. The zero-order valence-electron chi connectivity index (χ0n) is 13.3. The molecule has 1 unspecified atom stereocenters. The highest BCUT2D eigenvalue weighted by Crippen LogP contribution is 2.22. The lowest BCUT2D eigenvalue weighted by molar-refractivity contribution is -0.122. The van der Waals surface area contributed by atoms with Gasteiger partial charge >= 0.3 is 0 Å². The lowest BCUT2D eigenvalue weighted by Gasteiger charge is -2.17. The number of amides is 1. The molecule has 24 heavy (non-hydrogen) atoms. The minimum atomic E-state index is -0.644. The number of hydrogen-bond acceptors (Lipinski definition) is 2. The predicted octanol–water partition coefficient (Wildman–Crippen LogP) is 4.78. The maximum absolute atomic E-state index is 13.2. The number of carbonyl (C=O) groups excluding carboxylic acids is 1. The van der Waals surface area contributed by atoms with Crippen molar-refractivity contribution in [2.45, 2.75) is 19.4 Å². The van der Waals surface area contributed by atoms with Crippen LogP contribution in [0.2, 0.25) is 0 Å². The van der Waals surface area contributed by atoms with Gasteiger partial charge < -0.3 is 10.1 Å². The van der Waals surface area contributed by atoms with Gasteiger partial charge in [0.15, 0.2) is 6.10 Å². The Hall–Kier alpha value is -2.88. The SMILES string of the molecule is CCC(Oc1ccc2ccccc2c1)C(=O)Nc1cccc(F)c1. The average molecular weight is 323 g/mol. The Labute approximate surface area is 140 Å². The molecule has 1 atom stereocenters. The Kier molecular flexibility index (Phi) is 4.75. The molecule has 0 aliphatic heterocycles. The molecule has 122 valence electrons. The molecule has 0 radical (unpaired) electrons. The number of rotatable bonds is 5. The summed E-state index contributed by atoms with van der Waals surface area (Å²) >= 11 is 0. The zero-order valence-corrected chi connectivity index (χ0v) is 13.3. The van der Waals surface area contributed by atoms with Crippen LogP contribution in [0.3, 0.4) is 0 Å². The molecule has 0 aliphatic carbocycles. The van der Waals surface area contributed by atoms with E-state index < -0.39 is 11.9 Å². The molecule has 0 heterocycles. The lowest BCUT2D eigenvalue weighted by Crippen LogP contribution is -2.32. The largest absolute Gasteiger partial charge is 0.481 e. The van der Waals surface area contributed by atoms with Crippen molar-refractivity contribution in [1.82, 2.24) is 0 Å². The van der Waals surface area contributed by atoms with Crippen LogP contribution >= 0.6 is 0 Å². The third kappa shape index (κ3) is 3.71. The van der Waals surface area contributed by atoms with Crippen molar-refractivity contribution in [2.24, 2.45) is 0 Å². The Morgan fingerprint density at radius 1 is 1.04 bits per heavy atom. The summed E-state index contributed by atoms with van der Waals surface area (Å²) in [7, 11) is 0. The molecule has 4 heteroatoms. The Balaban J connectivity index is 1.74. The number of nitrogens with one attached hydrogen (secondary N) is 1. The molecule has 3 rings (SSSR count). The van der Waals surface area contributed by atoms with Gasteiger partial charge in [-0.2, -0.15) is 0 Å². The van der Waals surface area contributed by atoms with Gasteiger partial charge in [-0.3, -0.25) is 4.79 Å². The molecule has 0 saturated carbocycles. The molecule has 3 nitrogen and oxygen atoms in total. The first-order valence-electron chi connectivity index (χ1n) is 7.87. The molecule has 0 fully saturated rings. The second-order valence-corrected chi connectivity index (χ2v) is 5.52. The van der Waals surface area contributed by atoms with Gasteiger partial charge in [-0.1, -0.05) is 43.3 Å². The Morgan fingerprint density at radius 3 is 2.58 bits per heavy atom. The van der Waals surface area contributed by atoms with Crippen molar-refractivity contribution in [2.75, 3.05) is 5.32 Å². The summed E-state index contributed by atoms with van der Waals surface area (Å²) in [6.07, 6.45) is -0.136. The summed E-state index contributed by atoms with van der Waals surface area (Å²) in [6.45, 7) is 1.87. The van der Waals surface area contributed by atoms with Crippen molar-refractivity contribution in [3.05, 3.63) is 72.5 Å². The predicted molar refractivity (Wildman–Crippen MR) is 93.7 cm³/mol. The highest BCUT2D eigenvalue weighted by Gasteiger charge is 2.18. The molecule has 3 aromatic carbocycles. The molecule has 3 aromatic rings.